The highest BCUT2D eigenvalue weighted by molar-refractivity contribution is 5.79. The summed E-state index contributed by atoms with van der Waals surface area (Å²) in [6, 6.07) is 5.22. The topological polar surface area (TPSA) is 84.7 Å². The number of amides is 1. The van der Waals surface area contributed by atoms with Gasteiger partial charge in [-0.05, 0) is 31.0 Å². The van der Waals surface area contributed by atoms with E-state index in [4.69, 9.17) is 0 Å². The van der Waals surface area contributed by atoms with Crippen LogP contribution >= 0.6 is 0 Å². The highest BCUT2D eigenvalue weighted by Gasteiger charge is 2.31. The molecule has 0 saturated carbocycles. The summed E-state index contributed by atoms with van der Waals surface area (Å²) < 4.78 is 42.3. The second-order valence-electron chi connectivity index (χ2n) is 7.06. The summed E-state index contributed by atoms with van der Waals surface area (Å²) in [5, 5.41) is 11.2. The van der Waals surface area contributed by atoms with Crippen LogP contribution in [0.4, 0.5) is 19.0 Å². The maximum Gasteiger partial charge on any atom is 0.573 e. The molecule has 1 aliphatic rings. The van der Waals surface area contributed by atoms with Gasteiger partial charge in [-0.3, -0.25) is 9.20 Å². The Bertz CT molecular complexity index is 1050. The minimum absolute atomic E-state index is 0.0589. The summed E-state index contributed by atoms with van der Waals surface area (Å²) in [5.41, 5.74) is 1.27. The Labute approximate surface area is 169 Å². The number of aryl methyl sites for hydroxylation is 1. The Morgan fingerprint density at radius 1 is 1.27 bits per heavy atom. The third-order valence-electron chi connectivity index (χ3n) is 4.85. The number of hydrogen-bond donors (Lipinski definition) is 1. The molecule has 158 valence electrons. The van der Waals surface area contributed by atoms with Gasteiger partial charge in [-0.2, -0.15) is 0 Å². The van der Waals surface area contributed by atoms with Crippen LogP contribution in [0.25, 0.3) is 5.65 Å². The molecule has 1 fully saturated rings. The Balaban J connectivity index is 1.33. The molecule has 1 atom stereocenters. The summed E-state index contributed by atoms with van der Waals surface area (Å²) in [6.07, 6.45) is -0.428. The molecule has 3 heterocycles. The van der Waals surface area contributed by atoms with Crippen molar-refractivity contribution in [2.45, 2.75) is 32.2 Å². The second kappa shape index (κ2) is 7.81. The maximum atomic E-state index is 12.4. The lowest BCUT2D eigenvalue weighted by molar-refractivity contribution is -0.274. The second-order valence-corrected chi connectivity index (χ2v) is 7.06. The van der Waals surface area contributed by atoms with Gasteiger partial charge in [0.1, 0.15) is 11.6 Å². The van der Waals surface area contributed by atoms with E-state index in [2.05, 4.69) is 30.1 Å². The number of fused-ring (bicyclic) bond motifs is 1. The van der Waals surface area contributed by atoms with Crippen LogP contribution in [0.1, 0.15) is 17.8 Å². The first kappa shape index (κ1) is 19.9. The fourth-order valence-corrected chi connectivity index (χ4v) is 3.50. The third-order valence-corrected chi connectivity index (χ3v) is 4.85. The summed E-state index contributed by atoms with van der Waals surface area (Å²) in [7, 11) is 0. The number of carbonyl (C=O) groups excluding carboxylic acids is 1. The standard InChI is InChI=1S/C19H19F3N6O2/c1-12-25-26-18-17(23-7-9-28(12)18)27-8-6-14(11-27)24-16(29)10-13-2-4-15(5-3-13)30-19(20,21)22/h2-5,7,9,14H,6,8,10-11H2,1H3,(H,24,29)/t14-/m0/s1. The van der Waals surface area contributed by atoms with Gasteiger partial charge in [-0.15, -0.1) is 23.4 Å². The number of rotatable bonds is 5. The molecule has 11 heteroatoms. The molecule has 8 nitrogen and oxygen atoms in total. The molecule has 3 aromatic rings. The number of nitrogens with zero attached hydrogens (tertiary/aromatic N) is 5. The van der Waals surface area contributed by atoms with E-state index in [1.807, 2.05) is 11.3 Å². The summed E-state index contributed by atoms with van der Waals surface area (Å²) in [4.78, 5) is 18.8. The van der Waals surface area contributed by atoms with Crippen molar-refractivity contribution in [1.82, 2.24) is 24.9 Å². The van der Waals surface area contributed by atoms with Crippen molar-refractivity contribution in [3.63, 3.8) is 0 Å². The van der Waals surface area contributed by atoms with E-state index >= 15 is 0 Å². The van der Waals surface area contributed by atoms with Gasteiger partial charge in [-0.1, -0.05) is 12.1 Å². The van der Waals surface area contributed by atoms with Crippen LogP contribution in [-0.4, -0.2) is 51.0 Å². The van der Waals surface area contributed by atoms with E-state index < -0.39 is 6.36 Å². The molecule has 0 radical (unpaired) electrons. The largest absolute Gasteiger partial charge is 0.573 e. The van der Waals surface area contributed by atoms with Crippen molar-refractivity contribution < 1.29 is 22.7 Å². The van der Waals surface area contributed by atoms with Crippen molar-refractivity contribution >= 4 is 17.4 Å². The molecule has 1 amide bonds. The molecular weight excluding hydrogens is 401 g/mol. The van der Waals surface area contributed by atoms with E-state index in [9.17, 15) is 18.0 Å². The normalized spacial score (nSPS) is 16.8. The quantitative estimate of drug-likeness (QED) is 0.682. The van der Waals surface area contributed by atoms with E-state index in [1.165, 1.54) is 24.3 Å². The molecular formula is C19H19F3N6O2. The zero-order chi connectivity index (χ0) is 21.3. The van der Waals surface area contributed by atoms with Crippen LogP contribution in [0.2, 0.25) is 0 Å². The lowest BCUT2D eigenvalue weighted by atomic mass is 10.1. The summed E-state index contributed by atoms with van der Waals surface area (Å²) in [6.45, 7) is 3.16. The highest BCUT2D eigenvalue weighted by atomic mass is 19.4. The fraction of sp³-hybridized carbons (Fsp3) is 0.368. The van der Waals surface area contributed by atoms with Crippen molar-refractivity contribution in [3.8, 4) is 5.75 Å². The first-order valence-corrected chi connectivity index (χ1v) is 9.34. The average Bonchev–Trinajstić information content (AvgIpc) is 3.29. The number of halogens is 3. The van der Waals surface area contributed by atoms with Gasteiger partial charge < -0.3 is 15.0 Å². The Morgan fingerprint density at radius 2 is 2.03 bits per heavy atom. The maximum absolute atomic E-state index is 12.4. The first-order valence-electron chi connectivity index (χ1n) is 9.34. The number of aromatic nitrogens is 4. The van der Waals surface area contributed by atoms with E-state index in [1.54, 1.807) is 12.4 Å². The molecule has 0 aliphatic carbocycles. The predicted molar refractivity (Wildman–Crippen MR) is 101 cm³/mol. The van der Waals surface area contributed by atoms with Crippen LogP contribution in [0, 0.1) is 6.92 Å². The molecule has 1 N–H and O–H groups in total. The SMILES string of the molecule is Cc1nnc2c(N3CC[C@H](NC(=O)Cc4ccc(OC(F)(F)F)cc4)C3)nccn12. The van der Waals surface area contributed by atoms with Gasteiger partial charge in [0.25, 0.3) is 0 Å². The zero-order valence-electron chi connectivity index (χ0n) is 16.1. The van der Waals surface area contributed by atoms with Crippen LogP contribution in [0.5, 0.6) is 5.75 Å². The molecule has 4 rings (SSSR count). The minimum Gasteiger partial charge on any atom is -0.406 e. The first-order chi connectivity index (χ1) is 14.3. The Kier molecular flexibility index (Phi) is 5.18. The van der Waals surface area contributed by atoms with E-state index in [0.29, 0.717) is 24.3 Å². The zero-order valence-corrected chi connectivity index (χ0v) is 16.1. The molecule has 30 heavy (non-hydrogen) atoms. The molecule has 2 aromatic heterocycles. The van der Waals surface area contributed by atoms with Gasteiger partial charge in [0.15, 0.2) is 5.82 Å². The number of nitrogens with one attached hydrogen (secondary N) is 1. The van der Waals surface area contributed by atoms with Gasteiger partial charge >= 0.3 is 6.36 Å². The van der Waals surface area contributed by atoms with Crippen LogP contribution in [0.15, 0.2) is 36.7 Å². The van der Waals surface area contributed by atoms with E-state index in [0.717, 1.165) is 18.1 Å². The lowest BCUT2D eigenvalue weighted by Crippen LogP contribution is -2.38. The van der Waals surface area contributed by atoms with E-state index in [-0.39, 0.29) is 24.1 Å². The average molecular weight is 420 g/mol. The van der Waals surface area contributed by atoms with Crippen LogP contribution in [-0.2, 0) is 11.2 Å². The Hall–Kier alpha value is -3.37. The van der Waals surface area contributed by atoms with Crippen LogP contribution < -0.4 is 15.0 Å². The number of anilines is 1. The summed E-state index contributed by atoms with van der Waals surface area (Å²) >= 11 is 0. The number of carbonyl (C=O) groups is 1. The van der Waals surface area contributed by atoms with Gasteiger partial charge in [0.2, 0.25) is 11.6 Å². The fourth-order valence-electron chi connectivity index (χ4n) is 3.50. The van der Waals surface area contributed by atoms with Crippen molar-refractivity contribution in [1.29, 1.82) is 0 Å². The van der Waals surface area contributed by atoms with Gasteiger partial charge in [0.05, 0.1) is 6.42 Å². The molecule has 0 bridgehead atoms. The number of ether oxygens (including phenoxy) is 1. The molecule has 1 saturated heterocycles. The number of benzene rings is 1. The monoisotopic (exact) mass is 420 g/mol. The number of hydrogen-bond acceptors (Lipinski definition) is 6. The lowest BCUT2D eigenvalue weighted by Gasteiger charge is -2.18. The predicted octanol–water partition coefficient (Wildman–Crippen LogP) is 2.27. The van der Waals surface area contributed by atoms with Gasteiger partial charge in [-0.25, -0.2) is 4.98 Å². The molecule has 1 aromatic carbocycles. The smallest absolute Gasteiger partial charge is 0.406 e. The Morgan fingerprint density at radius 3 is 2.77 bits per heavy atom. The third kappa shape index (κ3) is 4.44. The van der Waals surface area contributed by atoms with Crippen molar-refractivity contribution in [3.05, 3.63) is 48.0 Å². The van der Waals surface area contributed by atoms with Crippen molar-refractivity contribution in [2.75, 3.05) is 18.0 Å². The van der Waals surface area contributed by atoms with Crippen LogP contribution in [0.3, 0.4) is 0 Å². The highest BCUT2D eigenvalue weighted by Crippen LogP contribution is 2.24. The molecule has 1 aliphatic heterocycles. The molecule has 0 spiro atoms. The minimum atomic E-state index is -4.74. The molecule has 0 unspecified atom stereocenters. The summed E-state index contributed by atoms with van der Waals surface area (Å²) in [5.74, 6) is 0.971. The van der Waals surface area contributed by atoms with Crippen molar-refractivity contribution in [2.24, 2.45) is 0 Å². The van der Waals surface area contributed by atoms with Gasteiger partial charge in [0, 0.05) is 31.5 Å². The number of alkyl halides is 3.